The molecule has 0 bridgehead atoms. The van der Waals surface area contributed by atoms with Crippen LogP contribution in [0.4, 0.5) is 0 Å². The Morgan fingerprint density at radius 2 is 1.95 bits per heavy atom. The first-order chi connectivity index (χ1) is 10.8. The highest BCUT2D eigenvalue weighted by Gasteiger charge is 2.34. The van der Waals surface area contributed by atoms with Crippen LogP contribution < -0.4 is 10.6 Å². The van der Waals surface area contributed by atoms with E-state index in [9.17, 15) is 4.79 Å². The number of rotatable bonds is 5. The van der Waals surface area contributed by atoms with Gasteiger partial charge in [0.05, 0.1) is 0 Å². The molecule has 0 aromatic heterocycles. The van der Waals surface area contributed by atoms with Gasteiger partial charge in [-0.15, -0.1) is 0 Å². The summed E-state index contributed by atoms with van der Waals surface area (Å²) in [5.74, 6) is 0.758. The van der Waals surface area contributed by atoms with E-state index >= 15 is 0 Å². The molecule has 1 aliphatic heterocycles. The summed E-state index contributed by atoms with van der Waals surface area (Å²) in [6.07, 6.45) is 8.09. The second-order valence-electron chi connectivity index (χ2n) is 7.05. The van der Waals surface area contributed by atoms with Gasteiger partial charge in [-0.2, -0.15) is 0 Å². The van der Waals surface area contributed by atoms with Crippen LogP contribution >= 0.6 is 0 Å². The lowest BCUT2D eigenvalue weighted by Crippen LogP contribution is -2.42. The van der Waals surface area contributed by atoms with E-state index in [1.807, 2.05) is 0 Å². The number of hydrogen-bond donors (Lipinski definition) is 2. The maximum Gasteiger partial charge on any atom is 0.220 e. The molecule has 1 saturated heterocycles. The predicted octanol–water partition coefficient (Wildman–Crippen LogP) is 3.00. The number of carbonyl (C=O) groups is 1. The van der Waals surface area contributed by atoms with Crippen molar-refractivity contribution in [2.75, 3.05) is 19.6 Å². The van der Waals surface area contributed by atoms with Gasteiger partial charge in [0.2, 0.25) is 5.91 Å². The molecule has 1 aromatic rings. The number of hydrogen-bond acceptors (Lipinski definition) is 2. The molecule has 0 spiro atoms. The van der Waals surface area contributed by atoms with E-state index in [0.717, 1.165) is 26.1 Å². The number of benzene rings is 1. The maximum absolute atomic E-state index is 12.3. The lowest BCUT2D eigenvalue weighted by atomic mass is 9.69. The van der Waals surface area contributed by atoms with E-state index < -0.39 is 0 Å². The van der Waals surface area contributed by atoms with Gasteiger partial charge >= 0.3 is 0 Å². The Balaban J connectivity index is 1.62. The molecule has 1 atom stereocenters. The van der Waals surface area contributed by atoms with Gasteiger partial charge in [-0.3, -0.25) is 4.79 Å². The molecule has 3 heteroatoms. The minimum absolute atomic E-state index is 0.156. The zero-order valence-electron chi connectivity index (χ0n) is 13.4. The second kappa shape index (κ2) is 7.28. The summed E-state index contributed by atoms with van der Waals surface area (Å²) in [6.45, 7) is 2.86. The molecule has 0 radical (unpaired) electrons. The molecule has 0 unspecified atom stereocenters. The maximum atomic E-state index is 12.3. The molecule has 120 valence electrons. The lowest BCUT2D eigenvalue weighted by Gasteiger charge is -2.38. The fourth-order valence-corrected chi connectivity index (χ4v) is 4.08. The Kier molecular flexibility index (Phi) is 5.14. The van der Waals surface area contributed by atoms with Crippen molar-refractivity contribution in [1.29, 1.82) is 0 Å². The van der Waals surface area contributed by atoms with Crippen LogP contribution in [0.15, 0.2) is 30.3 Å². The average Bonchev–Trinajstić information content (AvgIpc) is 3.08. The Labute approximate surface area is 133 Å². The monoisotopic (exact) mass is 300 g/mol. The normalized spacial score (nSPS) is 24.1. The zero-order chi connectivity index (χ0) is 15.3. The van der Waals surface area contributed by atoms with E-state index in [0.29, 0.717) is 12.3 Å². The van der Waals surface area contributed by atoms with Crippen LogP contribution in [0.25, 0.3) is 0 Å². The second-order valence-corrected chi connectivity index (χ2v) is 7.05. The van der Waals surface area contributed by atoms with Crippen LogP contribution in [0.1, 0.15) is 50.5 Å². The van der Waals surface area contributed by atoms with Crippen LogP contribution in [-0.2, 0) is 10.2 Å². The molecule has 2 N–H and O–H groups in total. The largest absolute Gasteiger partial charge is 0.355 e. The molecule has 1 heterocycles. The van der Waals surface area contributed by atoms with Crippen molar-refractivity contribution in [3.8, 4) is 0 Å². The van der Waals surface area contributed by atoms with Crippen LogP contribution in [-0.4, -0.2) is 25.5 Å². The first kappa shape index (κ1) is 15.5. The van der Waals surface area contributed by atoms with Crippen LogP contribution in [0.2, 0.25) is 0 Å². The van der Waals surface area contributed by atoms with Crippen molar-refractivity contribution in [3.63, 3.8) is 0 Å². The molecule has 2 fully saturated rings. The highest BCUT2D eigenvalue weighted by atomic mass is 16.1. The predicted molar refractivity (Wildman–Crippen MR) is 89.8 cm³/mol. The summed E-state index contributed by atoms with van der Waals surface area (Å²) in [6, 6.07) is 10.8. The van der Waals surface area contributed by atoms with E-state index in [-0.39, 0.29) is 11.3 Å². The molecule has 1 aliphatic carbocycles. The highest BCUT2D eigenvalue weighted by molar-refractivity contribution is 5.76. The third-order valence-corrected chi connectivity index (χ3v) is 5.46. The Morgan fingerprint density at radius 1 is 1.18 bits per heavy atom. The summed E-state index contributed by atoms with van der Waals surface area (Å²) >= 11 is 0. The number of amides is 1. The van der Waals surface area contributed by atoms with Crippen LogP contribution in [0.5, 0.6) is 0 Å². The quantitative estimate of drug-likeness (QED) is 0.877. The minimum Gasteiger partial charge on any atom is -0.355 e. The molecule has 2 aliphatic rings. The van der Waals surface area contributed by atoms with E-state index in [1.54, 1.807) is 0 Å². The first-order valence-electron chi connectivity index (χ1n) is 8.81. The van der Waals surface area contributed by atoms with Crippen molar-refractivity contribution >= 4 is 5.91 Å². The molecule has 22 heavy (non-hydrogen) atoms. The average molecular weight is 300 g/mol. The third-order valence-electron chi connectivity index (χ3n) is 5.46. The van der Waals surface area contributed by atoms with E-state index in [4.69, 9.17) is 0 Å². The fraction of sp³-hybridized carbons (Fsp3) is 0.632. The van der Waals surface area contributed by atoms with Crippen molar-refractivity contribution in [2.45, 2.75) is 50.4 Å². The zero-order valence-corrected chi connectivity index (χ0v) is 13.4. The van der Waals surface area contributed by atoms with Crippen molar-refractivity contribution in [1.82, 2.24) is 10.6 Å². The van der Waals surface area contributed by atoms with Gasteiger partial charge in [0.1, 0.15) is 0 Å². The van der Waals surface area contributed by atoms with Crippen molar-refractivity contribution < 1.29 is 4.79 Å². The summed E-state index contributed by atoms with van der Waals surface area (Å²) < 4.78 is 0. The van der Waals surface area contributed by atoms with Crippen LogP contribution in [0.3, 0.4) is 0 Å². The van der Waals surface area contributed by atoms with Gasteiger partial charge in [-0.25, -0.2) is 0 Å². The Bertz CT molecular complexity index is 473. The molecule has 1 saturated carbocycles. The van der Waals surface area contributed by atoms with E-state index in [2.05, 4.69) is 41.0 Å². The van der Waals surface area contributed by atoms with Gasteiger partial charge in [0.25, 0.3) is 0 Å². The number of nitrogens with one attached hydrogen (secondary N) is 2. The van der Waals surface area contributed by atoms with Crippen LogP contribution in [0, 0.1) is 5.92 Å². The van der Waals surface area contributed by atoms with Gasteiger partial charge in [-0.1, -0.05) is 49.6 Å². The minimum atomic E-state index is 0.156. The molecule has 3 rings (SSSR count). The first-order valence-corrected chi connectivity index (χ1v) is 8.81. The number of carbonyl (C=O) groups excluding carboxylic acids is 1. The van der Waals surface area contributed by atoms with Crippen molar-refractivity contribution in [2.24, 2.45) is 5.92 Å². The topological polar surface area (TPSA) is 41.1 Å². The van der Waals surface area contributed by atoms with Gasteiger partial charge in [0, 0.05) is 18.4 Å². The SMILES string of the molecule is O=C(C[C@H]1CCNC1)NCC1(c2ccccc2)CCCCC1. The summed E-state index contributed by atoms with van der Waals surface area (Å²) in [4.78, 5) is 12.3. The fourth-order valence-electron chi connectivity index (χ4n) is 4.08. The molecule has 1 amide bonds. The highest BCUT2D eigenvalue weighted by Crippen LogP contribution is 2.38. The summed E-state index contributed by atoms with van der Waals surface area (Å²) in [7, 11) is 0. The molecule has 1 aromatic carbocycles. The lowest BCUT2D eigenvalue weighted by molar-refractivity contribution is -0.122. The molecule has 3 nitrogen and oxygen atoms in total. The van der Waals surface area contributed by atoms with E-state index in [1.165, 1.54) is 37.7 Å². The summed E-state index contributed by atoms with van der Waals surface area (Å²) in [5, 5.41) is 6.59. The standard InChI is InChI=1S/C19H28N2O/c22-18(13-16-9-12-20-14-16)21-15-19(10-5-2-6-11-19)17-7-3-1-4-8-17/h1,3-4,7-8,16,20H,2,5-6,9-15H2,(H,21,22)/t16-/m1/s1. The van der Waals surface area contributed by atoms with Gasteiger partial charge in [-0.05, 0) is 43.8 Å². The van der Waals surface area contributed by atoms with Crippen molar-refractivity contribution in [3.05, 3.63) is 35.9 Å². The van der Waals surface area contributed by atoms with Gasteiger partial charge < -0.3 is 10.6 Å². The smallest absolute Gasteiger partial charge is 0.220 e. The molecular weight excluding hydrogens is 272 g/mol. The third kappa shape index (κ3) is 3.70. The Hall–Kier alpha value is -1.35. The van der Waals surface area contributed by atoms with Gasteiger partial charge in [0.15, 0.2) is 0 Å². The Morgan fingerprint density at radius 3 is 2.64 bits per heavy atom. The molecular formula is C19H28N2O. The summed E-state index contributed by atoms with van der Waals surface area (Å²) in [5.41, 5.74) is 1.56.